The van der Waals surface area contributed by atoms with Crippen LogP contribution in [0.3, 0.4) is 0 Å². The highest BCUT2D eigenvalue weighted by molar-refractivity contribution is 9.10. The average molecular weight is 499 g/mol. The Morgan fingerprint density at radius 2 is 1.81 bits per heavy atom. The zero-order chi connectivity index (χ0) is 22.9. The maximum Gasteiger partial charge on any atom is 0.287 e. The molecule has 1 aliphatic rings. The second-order valence-corrected chi connectivity index (χ2v) is 10.4. The number of ether oxygens (including phenoxy) is 1. The first-order valence-corrected chi connectivity index (χ1v) is 11.9. The van der Waals surface area contributed by atoms with E-state index in [1.54, 1.807) is 0 Å². The number of benzene rings is 2. The molecule has 1 aliphatic heterocycles. The van der Waals surface area contributed by atoms with E-state index < -0.39 is 0 Å². The summed E-state index contributed by atoms with van der Waals surface area (Å²) in [6.07, 6.45) is 0. The minimum absolute atomic E-state index is 0.0793. The summed E-state index contributed by atoms with van der Waals surface area (Å²) in [7, 11) is 0. The van der Waals surface area contributed by atoms with Gasteiger partial charge in [-0.15, -0.1) is 0 Å². The molecule has 0 radical (unpaired) electrons. The minimum Gasteiger partial charge on any atom is -0.451 e. The summed E-state index contributed by atoms with van der Waals surface area (Å²) in [6, 6.07) is 14.7. The SMILES string of the molecule is Cc1c(C(=O)NC[C@@H](c2ccc(C(C)(C)C)cc2)N2CCOCC2)oc2cc(Br)ccc12. The summed E-state index contributed by atoms with van der Waals surface area (Å²) >= 11 is 3.46. The predicted molar refractivity (Wildman–Crippen MR) is 131 cm³/mol. The lowest BCUT2D eigenvalue weighted by Crippen LogP contribution is -2.43. The number of hydrogen-bond donors (Lipinski definition) is 1. The second-order valence-electron chi connectivity index (χ2n) is 9.44. The summed E-state index contributed by atoms with van der Waals surface area (Å²) in [4.78, 5) is 15.5. The second kappa shape index (κ2) is 9.38. The van der Waals surface area contributed by atoms with Crippen LogP contribution in [-0.2, 0) is 10.2 Å². The number of fused-ring (bicyclic) bond motifs is 1. The largest absolute Gasteiger partial charge is 0.451 e. The van der Waals surface area contributed by atoms with Gasteiger partial charge in [-0.1, -0.05) is 61.0 Å². The van der Waals surface area contributed by atoms with Gasteiger partial charge in [0.1, 0.15) is 5.58 Å². The third-order valence-electron chi connectivity index (χ3n) is 6.21. The van der Waals surface area contributed by atoms with Crippen molar-refractivity contribution in [2.75, 3.05) is 32.8 Å². The van der Waals surface area contributed by atoms with Crippen LogP contribution in [-0.4, -0.2) is 43.7 Å². The Kier molecular flexibility index (Phi) is 6.75. The van der Waals surface area contributed by atoms with Crippen LogP contribution in [0.25, 0.3) is 11.0 Å². The van der Waals surface area contributed by atoms with Crippen molar-refractivity contribution in [2.24, 2.45) is 0 Å². The molecule has 0 aliphatic carbocycles. The lowest BCUT2D eigenvalue weighted by atomic mass is 9.86. The molecule has 4 rings (SSSR count). The fourth-order valence-electron chi connectivity index (χ4n) is 4.24. The molecule has 1 saturated heterocycles. The van der Waals surface area contributed by atoms with Gasteiger partial charge in [0.15, 0.2) is 5.76 Å². The van der Waals surface area contributed by atoms with Crippen LogP contribution in [0.15, 0.2) is 51.4 Å². The lowest BCUT2D eigenvalue weighted by Gasteiger charge is -2.35. The van der Waals surface area contributed by atoms with Crippen LogP contribution in [0.2, 0.25) is 0 Å². The molecular weight excluding hydrogens is 468 g/mol. The highest BCUT2D eigenvalue weighted by Gasteiger charge is 2.25. The Bertz CT molecular complexity index is 1090. The Labute approximate surface area is 198 Å². The fourth-order valence-corrected chi connectivity index (χ4v) is 4.58. The molecule has 0 bridgehead atoms. The van der Waals surface area contributed by atoms with E-state index in [0.29, 0.717) is 31.1 Å². The van der Waals surface area contributed by atoms with Gasteiger partial charge in [-0.2, -0.15) is 0 Å². The van der Waals surface area contributed by atoms with E-state index in [2.05, 4.69) is 71.2 Å². The number of furan rings is 1. The van der Waals surface area contributed by atoms with E-state index in [0.717, 1.165) is 28.5 Å². The molecule has 1 fully saturated rings. The fraction of sp³-hybridized carbons (Fsp3) is 0.423. The number of morpholine rings is 1. The van der Waals surface area contributed by atoms with E-state index in [9.17, 15) is 4.79 Å². The zero-order valence-corrected chi connectivity index (χ0v) is 20.8. The third-order valence-corrected chi connectivity index (χ3v) is 6.70. The first-order chi connectivity index (χ1) is 15.2. The van der Waals surface area contributed by atoms with Crippen molar-refractivity contribution in [1.82, 2.24) is 10.2 Å². The quantitative estimate of drug-likeness (QED) is 0.496. The number of halogens is 1. The van der Waals surface area contributed by atoms with Crippen LogP contribution in [0.1, 0.15) is 54.1 Å². The highest BCUT2D eigenvalue weighted by atomic mass is 79.9. The summed E-state index contributed by atoms with van der Waals surface area (Å²) in [5, 5.41) is 4.09. The summed E-state index contributed by atoms with van der Waals surface area (Å²) in [6.45, 7) is 12.2. The molecule has 3 aromatic rings. The van der Waals surface area contributed by atoms with Crippen LogP contribution < -0.4 is 5.32 Å². The topological polar surface area (TPSA) is 54.7 Å². The van der Waals surface area contributed by atoms with Crippen molar-refractivity contribution in [3.8, 4) is 0 Å². The summed E-state index contributed by atoms with van der Waals surface area (Å²) in [5.41, 5.74) is 4.18. The molecule has 2 aromatic carbocycles. The van der Waals surface area contributed by atoms with E-state index in [1.165, 1.54) is 11.1 Å². The number of amides is 1. The van der Waals surface area contributed by atoms with Crippen molar-refractivity contribution in [3.63, 3.8) is 0 Å². The molecule has 6 heteroatoms. The van der Waals surface area contributed by atoms with Gasteiger partial charge in [0, 0.05) is 35.1 Å². The van der Waals surface area contributed by atoms with Gasteiger partial charge >= 0.3 is 0 Å². The number of carbonyl (C=O) groups excluding carboxylic acids is 1. The van der Waals surface area contributed by atoms with Gasteiger partial charge < -0.3 is 14.5 Å². The number of rotatable bonds is 5. The normalized spacial score (nSPS) is 16.3. The van der Waals surface area contributed by atoms with Crippen molar-refractivity contribution < 1.29 is 13.9 Å². The van der Waals surface area contributed by atoms with Gasteiger partial charge in [0.25, 0.3) is 5.91 Å². The molecule has 0 unspecified atom stereocenters. The van der Waals surface area contributed by atoms with Crippen molar-refractivity contribution >= 4 is 32.8 Å². The Balaban J connectivity index is 1.55. The Hall–Kier alpha value is -2.15. The van der Waals surface area contributed by atoms with E-state index in [-0.39, 0.29) is 17.4 Å². The van der Waals surface area contributed by atoms with Crippen molar-refractivity contribution in [2.45, 2.75) is 39.2 Å². The summed E-state index contributed by atoms with van der Waals surface area (Å²) in [5.74, 6) is 0.196. The number of nitrogens with one attached hydrogen (secondary N) is 1. The minimum atomic E-state index is -0.181. The molecule has 0 saturated carbocycles. The molecule has 1 N–H and O–H groups in total. The Morgan fingerprint density at radius 1 is 1.12 bits per heavy atom. The molecule has 0 spiro atoms. The predicted octanol–water partition coefficient (Wildman–Crippen LogP) is 5.60. The monoisotopic (exact) mass is 498 g/mol. The van der Waals surface area contributed by atoms with Crippen LogP contribution in [0.4, 0.5) is 0 Å². The first kappa shape index (κ1) is 23.0. The number of carbonyl (C=O) groups is 1. The number of hydrogen-bond acceptors (Lipinski definition) is 4. The maximum absolute atomic E-state index is 13.1. The molecule has 32 heavy (non-hydrogen) atoms. The van der Waals surface area contributed by atoms with E-state index in [1.807, 2.05) is 25.1 Å². The van der Waals surface area contributed by atoms with Gasteiger partial charge in [0.05, 0.1) is 19.3 Å². The molecule has 170 valence electrons. The Morgan fingerprint density at radius 3 is 2.47 bits per heavy atom. The summed E-state index contributed by atoms with van der Waals surface area (Å²) < 4.78 is 12.4. The van der Waals surface area contributed by atoms with E-state index >= 15 is 0 Å². The molecule has 2 heterocycles. The smallest absolute Gasteiger partial charge is 0.287 e. The molecule has 1 amide bonds. The highest BCUT2D eigenvalue weighted by Crippen LogP contribution is 2.29. The van der Waals surface area contributed by atoms with Gasteiger partial charge in [0.2, 0.25) is 0 Å². The zero-order valence-electron chi connectivity index (χ0n) is 19.2. The van der Waals surface area contributed by atoms with E-state index in [4.69, 9.17) is 9.15 Å². The van der Waals surface area contributed by atoms with Crippen LogP contribution in [0.5, 0.6) is 0 Å². The molecule has 1 aromatic heterocycles. The van der Waals surface area contributed by atoms with Gasteiger partial charge in [-0.3, -0.25) is 9.69 Å². The molecule has 1 atom stereocenters. The molecular formula is C26H31BrN2O3. The third kappa shape index (κ3) is 4.92. The lowest BCUT2D eigenvalue weighted by molar-refractivity contribution is 0.0161. The van der Waals surface area contributed by atoms with Crippen LogP contribution >= 0.6 is 15.9 Å². The maximum atomic E-state index is 13.1. The van der Waals surface area contributed by atoms with Gasteiger partial charge in [-0.25, -0.2) is 0 Å². The first-order valence-electron chi connectivity index (χ1n) is 11.1. The van der Waals surface area contributed by atoms with Crippen LogP contribution in [0, 0.1) is 6.92 Å². The van der Waals surface area contributed by atoms with Crippen molar-refractivity contribution in [1.29, 1.82) is 0 Å². The van der Waals surface area contributed by atoms with Crippen molar-refractivity contribution in [3.05, 3.63) is 69.4 Å². The average Bonchev–Trinajstić information content (AvgIpc) is 3.10. The number of aryl methyl sites for hydroxylation is 1. The standard InChI is InChI=1S/C26H31BrN2O3/c1-17-21-10-9-20(27)15-23(21)32-24(17)25(30)28-16-22(29-11-13-31-14-12-29)18-5-7-19(8-6-18)26(2,3)4/h5-10,15,22H,11-14,16H2,1-4H3,(H,28,30)/t22-/m0/s1. The number of nitrogens with zero attached hydrogens (tertiary/aromatic N) is 1. The van der Waals surface area contributed by atoms with Gasteiger partial charge in [-0.05, 0) is 41.7 Å². The molecule has 5 nitrogen and oxygen atoms in total.